The zero-order valence-electron chi connectivity index (χ0n) is 20.7. The second-order valence-corrected chi connectivity index (χ2v) is 10.1. The van der Waals surface area contributed by atoms with Crippen LogP contribution in [0.4, 0.5) is 16.2 Å². The van der Waals surface area contributed by atoms with Crippen LogP contribution in [0.1, 0.15) is 52.4 Å². The second kappa shape index (κ2) is 10.1. The van der Waals surface area contributed by atoms with Gasteiger partial charge in [-0.3, -0.25) is 14.9 Å². The first kappa shape index (κ1) is 25.2. The van der Waals surface area contributed by atoms with E-state index in [2.05, 4.69) is 15.8 Å². The largest absolute Gasteiger partial charge is 0.481 e. The number of carboxylic acids is 1. The lowest BCUT2D eigenvalue weighted by molar-refractivity contribution is -0.139. The van der Waals surface area contributed by atoms with E-state index in [1.165, 1.54) is 11.3 Å². The van der Waals surface area contributed by atoms with Gasteiger partial charge in [0.25, 0.3) is 5.91 Å². The van der Waals surface area contributed by atoms with Crippen molar-refractivity contribution >= 4 is 40.7 Å². The summed E-state index contributed by atoms with van der Waals surface area (Å²) in [5, 5.41) is 20.7. The van der Waals surface area contributed by atoms with Crippen molar-refractivity contribution in [1.29, 1.82) is 0 Å². The monoisotopic (exact) mass is 531 g/mol. The molecule has 9 nitrogen and oxygen atoms in total. The molecule has 0 saturated heterocycles. The number of thiophene rings is 1. The highest BCUT2D eigenvalue weighted by atomic mass is 32.1. The van der Waals surface area contributed by atoms with Crippen LogP contribution in [0.2, 0.25) is 0 Å². The van der Waals surface area contributed by atoms with Gasteiger partial charge in [0, 0.05) is 21.5 Å². The maximum atomic E-state index is 12.7. The molecule has 194 valence electrons. The summed E-state index contributed by atoms with van der Waals surface area (Å²) in [7, 11) is 0. The number of anilines is 2. The van der Waals surface area contributed by atoms with Gasteiger partial charge < -0.3 is 19.7 Å². The fraction of sp³-hybridized carbons (Fsp3) is 0.214. The zero-order chi connectivity index (χ0) is 26.9. The number of ether oxygens (including phenoxy) is 1. The quantitative estimate of drug-likeness (QED) is 0.240. The van der Waals surface area contributed by atoms with Gasteiger partial charge in [-0.1, -0.05) is 35.5 Å². The van der Waals surface area contributed by atoms with Crippen LogP contribution in [0.5, 0.6) is 0 Å². The van der Waals surface area contributed by atoms with Crippen molar-refractivity contribution in [2.75, 3.05) is 10.6 Å². The van der Waals surface area contributed by atoms with E-state index in [0.717, 1.165) is 5.56 Å². The number of carbonyl (C=O) groups excluding carboxylic acids is 2. The van der Waals surface area contributed by atoms with Gasteiger partial charge in [-0.25, -0.2) is 4.79 Å². The van der Waals surface area contributed by atoms with Gasteiger partial charge in [-0.15, -0.1) is 11.3 Å². The molecule has 2 heterocycles. The van der Waals surface area contributed by atoms with Crippen molar-refractivity contribution in [3.63, 3.8) is 0 Å². The Labute approximate surface area is 222 Å². The van der Waals surface area contributed by atoms with Gasteiger partial charge in [0.2, 0.25) is 0 Å². The topological polar surface area (TPSA) is 131 Å². The number of hydrogen-bond donors (Lipinski definition) is 3. The normalized spacial score (nSPS) is 14.4. The predicted octanol–water partition coefficient (Wildman–Crippen LogP) is 6.39. The molecule has 1 aliphatic carbocycles. The molecule has 2 aromatic heterocycles. The lowest BCUT2D eigenvalue weighted by Crippen LogP contribution is -2.18. The first-order chi connectivity index (χ1) is 18.3. The van der Waals surface area contributed by atoms with E-state index in [9.17, 15) is 19.5 Å². The summed E-state index contributed by atoms with van der Waals surface area (Å²) >= 11 is 1.29. The third kappa shape index (κ3) is 5.03. The number of rotatable bonds is 8. The van der Waals surface area contributed by atoms with Crippen LogP contribution in [0.25, 0.3) is 11.3 Å². The van der Waals surface area contributed by atoms with Crippen LogP contribution in [0, 0.1) is 6.92 Å². The van der Waals surface area contributed by atoms with Crippen molar-refractivity contribution in [3.05, 3.63) is 87.7 Å². The average Bonchev–Trinajstić information content (AvgIpc) is 3.44. The Morgan fingerprint density at radius 3 is 2.45 bits per heavy atom. The molecule has 1 fully saturated rings. The van der Waals surface area contributed by atoms with Crippen molar-refractivity contribution in [2.45, 2.75) is 38.2 Å². The summed E-state index contributed by atoms with van der Waals surface area (Å²) in [6.45, 7) is 3.50. The van der Waals surface area contributed by atoms with Gasteiger partial charge in [-0.2, -0.15) is 0 Å². The summed E-state index contributed by atoms with van der Waals surface area (Å²) in [4.78, 5) is 37.5. The number of nitrogens with zero attached hydrogens (tertiary/aromatic N) is 1. The standard InChI is InChI=1S/C28H25N3O6S/c1-16-23(30-27(35)36-17(2)18-6-4-3-5-7-18)24(37-31-16)19-8-10-21(11-9-19)29-25(32)20-14-22(38-15-20)28(12-13-28)26(33)34/h3-11,14-15,17H,12-13H2,1-2H3,(H,29,32)(H,30,35)(H,33,34)/t17-/m1/s1. The van der Waals surface area contributed by atoms with Gasteiger partial charge in [0.05, 0.1) is 5.56 Å². The first-order valence-electron chi connectivity index (χ1n) is 12.0. The summed E-state index contributed by atoms with van der Waals surface area (Å²) in [5.74, 6) is -0.817. The van der Waals surface area contributed by atoms with Crippen LogP contribution in [-0.2, 0) is 14.9 Å². The summed E-state index contributed by atoms with van der Waals surface area (Å²) in [6.07, 6.45) is 0.102. The van der Waals surface area contributed by atoms with Gasteiger partial charge in [-0.05, 0) is 62.6 Å². The molecule has 2 aromatic carbocycles. The number of benzene rings is 2. The van der Waals surface area contributed by atoms with E-state index < -0.39 is 23.6 Å². The predicted molar refractivity (Wildman–Crippen MR) is 142 cm³/mol. The Kier molecular flexibility index (Phi) is 6.73. The number of carbonyl (C=O) groups is 3. The van der Waals surface area contributed by atoms with Crippen LogP contribution in [-0.4, -0.2) is 28.2 Å². The number of aryl methyl sites for hydroxylation is 1. The molecule has 5 rings (SSSR count). The molecule has 0 spiro atoms. The Morgan fingerprint density at radius 1 is 1.08 bits per heavy atom. The fourth-order valence-corrected chi connectivity index (χ4v) is 5.24. The van der Waals surface area contributed by atoms with Crippen LogP contribution >= 0.6 is 11.3 Å². The SMILES string of the molecule is Cc1noc(-c2ccc(NC(=O)c3csc(C4(C(=O)O)CC4)c3)cc2)c1NC(=O)O[C@H](C)c1ccccc1. The van der Waals surface area contributed by atoms with E-state index >= 15 is 0 Å². The number of nitrogens with one attached hydrogen (secondary N) is 2. The Morgan fingerprint density at radius 2 is 1.79 bits per heavy atom. The van der Waals surface area contributed by atoms with E-state index in [4.69, 9.17) is 9.26 Å². The van der Waals surface area contributed by atoms with Crippen molar-refractivity contribution in [3.8, 4) is 11.3 Å². The minimum absolute atomic E-state index is 0.324. The minimum Gasteiger partial charge on any atom is -0.481 e. The molecule has 0 aliphatic heterocycles. The molecule has 1 atom stereocenters. The third-order valence-corrected chi connectivity index (χ3v) is 7.67. The fourth-order valence-electron chi connectivity index (χ4n) is 4.10. The first-order valence-corrected chi connectivity index (χ1v) is 12.9. The number of carboxylic acid groups (broad SMARTS) is 1. The molecular formula is C28H25N3O6S. The maximum absolute atomic E-state index is 12.7. The van der Waals surface area contributed by atoms with Crippen LogP contribution in [0.15, 0.2) is 70.6 Å². The highest BCUT2D eigenvalue weighted by Gasteiger charge is 2.52. The molecule has 3 N–H and O–H groups in total. The lowest BCUT2D eigenvalue weighted by Gasteiger charge is -2.14. The summed E-state index contributed by atoms with van der Waals surface area (Å²) in [5.41, 5.74) is 2.53. The number of hydrogen-bond acceptors (Lipinski definition) is 7. The van der Waals surface area contributed by atoms with Gasteiger partial charge >= 0.3 is 12.1 Å². The molecule has 1 aliphatic rings. The molecule has 38 heavy (non-hydrogen) atoms. The van der Waals surface area contributed by atoms with Crippen LogP contribution < -0.4 is 10.6 Å². The molecule has 0 radical (unpaired) electrons. The van der Waals surface area contributed by atoms with E-state index in [1.807, 2.05) is 30.3 Å². The molecule has 2 amide bonds. The number of aliphatic carboxylic acids is 1. The zero-order valence-corrected chi connectivity index (χ0v) is 21.5. The van der Waals surface area contributed by atoms with E-state index in [-0.39, 0.29) is 5.91 Å². The highest BCUT2D eigenvalue weighted by molar-refractivity contribution is 7.10. The number of aromatic nitrogens is 1. The second-order valence-electron chi connectivity index (χ2n) is 9.17. The Balaban J connectivity index is 1.24. The van der Waals surface area contributed by atoms with Crippen molar-refractivity contribution in [2.24, 2.45) is 0 Å². The van der Waals surface area contributed by atoms with Crippen molar-refractivity contribution < 1.29 is 28.8 Å². The average molecular weight is 532 g/mol. The maximum Gasteiger partial charge on any atom is 0.412 e. The van der Waals surface area contributed by atoms with Crippen LogP contribution in [0.3, 0.4) is 0 Å². The third-order valence-electron chi connectivity index (χ3n) is 6.54. The molecular weight excluding hydrogens is 506 g/mol. The molecule has 1 saturated carbocycles. The van der Waals surface area contributed by atoms with Gasteiger partial charge in [0.15, 0.2) is 5.76 Å². The smallest absolute Gasteiger partial charge is 0.412 e. The summed E-state index contributed by atoms with van der Waals surface area (Å²) in [6, 6.07) is 17.9. The Bertz CT molecular complexity index is 1490. The molecule has 10 heteroatoms. The summed E-state index contributed by atoms with van der Waals surface area (Å²) < 4.78 is 11.0. The van der Waals surface area contributed by atoms with E-state index in [1.54, 1.807) is 49.6 Å². The molecule has 0 bridgehead atoms. The molecule has 4 aromatic rings. The highest BCUT2D eigenvalue weighted by Crippen LogP contribution is 2.50. The Hall–Kier alpha value is -4.44. The number of amides is 2. The lowest BCUT2D eigenvalue weighted by atomic mass is 10.0. The minimum atomic E-state index is -0.850. The van der Waals surface area contributed by atoms with Gasteiger partial charge in [0.1, 0.15) is 22.9 Å². The van der Waals surface area contributed by atoms with Crippen molar-refractivity contribution in [1.82, 2.24) is 5.16 Å². The van der Waals surface area contributed by atoms with E-state index in [0.29, 0.717) is 51.7 Å². The molecule has 0 unspecified atom stereocenters.